The third-order valence-electron chi connectivity index (χ3n) is 3.44. The molecule has 1 aliphatic rings. The lowest BCUT2D eigenvalue weighted by Crippen LogP contribution is -2.54. The van der Waals surface area contributed by atoms with E-state index < -0.39 is 17.4 Å². The Labute approximate surface area is 109 Å². The van der Waals surface area contributed by atoms with Crippen LogP contribution in [0.3, 0.4) is 0 Å². The Hall–Kier alpha value is -2.12. The average Bonchev–Trinajstić information content (AvgIpc) is 2.65. The van der Waals surface area contributed by atoms with Gasteiger partial charge < -0.3 is 16.2 Å². The van der Waals surface area contributed by atoms with Crippen molar-refractivity contribution in [3.8, 4) is 0 Å². The number of aliphatic carboxylic acids is 1. The van der Waals surface area contributed by atoms with Crippen LogP contribution in [0, 0.1) is 0 Å². The van der Waals surface area contributed by atoms with Gasteiger partial charge in [0.2, 0.25) is 11.8 Å². The van der Waals surface area contributed by atoms with Crippen LogP contribution in [0.1, 0.15) is 49.1 Å². The number of aromatic nitrogens is 3. The van der Waals surface area contributed by atoms with Gasteiger partial charge in [0, 0.05) is 0 Å². The molecule has 8 heteroatoms. The molecular weight excluding hydrogens is 250 g/mol. The molecule has 1 amide bonds. The molecule has 1 aliphatic carbocycles. The van der Waals surface area contributed by atoms with E-state index in [1.807, 2.05) is 0 Å². The maximum absolute atomic E-state index is 12.0. The van der Waals surface area contributed by atoms with Crippen molar-refractivity contribution in [2.45, 2.75) is 44.1 Å². The maximum Gasteiger partial charge on any atom is 0.329 e. The molecule has 8 nitrogen and oxygen atoms in total. The average molecular weight is 267 g/mol. The lowest BCUT2D eigenvalue weighted by Gasteiger charge is -2.28. The van der Waals surface area contributed by atoms with Gasteiger partial charge in [-0.15, -0.1) is 5.10 Å². The number of nitrogens with one attached hydrogen (secondary N) is 2. The highest BCUT2D eigenvalue weighted by atomic mass is 16.4. The number of carbonyl (C=O) groups excluding carboxylic acids is 1. The Bertz CT molecular complexity index is 476. The second-order valence-corrected chi connectivity index (χ2v) is 4.80. The standard InChI is InChI=1S/C11H17N5O3/c12-10-13-7(15-16-10)8(17)14-11(9(18)19)5-3-1-2-4-6-11/h1-6H2,(H,14,17)(H,18,19)(H3,12,13,15,16). The van der Waals surface area contributed by atoms with Crippen LogP contribution in [-0.4, -0.2) is 37.7 Å². The number of carbonyl (C=O) groups is 2. The highest BCUT2D eigenvalue weighted by Crippen LogP contribution is 2.27. The number of nitrogen functional groups attached to an aromatic ring is 1. The summed E-state index contributed by atoms with van der Waals surface area (Å²) < 4.78 is 0. The molecule has 0 bridgehead atoms. The van der Waals surface area contributed by atoms with Gasteiger partial charge in [-0.05, 0) is 12.8 Å². The van der Waals surface area contributed by atoms with Gasteiger partial charge in [0.1, 0.15) is 5.54 Å². The van der Waals surface area contributed by atoms with E-state index in [0.717, 1.165) is 25.7 Å². The zero-order valence-corrected chi connectivity index (χ0v) is 10.5. The number of nitrogens with zero attached hydrogens (tertiary/aromatic N) is 2. The van der Waals surface area contributed by atoms with Gasteiger partial charge in [0.25, 0.3) is 5.91 Å². The number of anilines is 1. The molecule has 0 radical (unpaired) electrons. The van der Waals surface area contributed by atoms with Crippen molar-refractivity contribution in [3.05, 3.63) is 5.82 Å². The number of carboxylic acid groups (broad SMARTS) is 1. The number of H-pyrrole nitrogens is 1. The molecule has 5 N–H and O–H groups in total. The molecule has 104 valence electrons. The van der Waals surface area contributed by atoms with Crippen molar-refractivity contribution in [2.75, 3.05) is 5.73 Å². The molecule has 1 fully saturated rings. The van der Waals surface area contributed by atoms with Crippen molar-refractivity contribution in [1.82, 2.24) is 20.5 Å². The van der Waals surface area contributed by atoms with Crippen LogP contribution in [0.2, 0.25) is 0 Å². The molecule has 1 aromatic rings. The zero-order valence-electron chi connectivity index (χ0n) is 10.5. The first-order chi connectivity index (χ1) is 9.03. The van der Waals surface area contributed by atoms with Crippen LogP contribution < -0.4 is 11.1 Å². The summed E-state index contributed by atoms with van der Waals surface area (Å²) in [6, 6.07) is 0. The molecule has 0 atom stereocenters. The van der Waals surface area contributed by atoms with E-state index in [4.69, 9.17) is 5.73 Å². The van der Waals surface area contributed by atoms with Crippen LogP contribution in [0.4, 0.5) is 5.95 Å². The maximum atomic E-state index is 12.0. The number of amides is 1. The molecule has 0 saturated heterocycles. The minimum Gasteiger partial charge on any atom is -0.480 e. The summed E-state index contributed by atoms with van der Waals surface area (Å²) in [5.41, 5.74) is 4.10. The first-order valence-electron chi connectivity index (χ1n) is 6.27. The highest BCUT2D eigenvalue weighted by Gasteiger charge is 2.40. The van der Waals surface area contributed by atoms with E-state index in [2.05, 4.69) is 20.5 Å². The van der Waals surface area contributed by atoms with Crippen LogP contribution in [0.15, 0.2) is 0 Å². The fourth-order valence-electron chi connectivity index (χ4n) is 2.38. The minimum atomic E-state index is -1.21. The topological polar surface area (TPSA) is 134 Å². The lowest BCUT2D eigenvalue weighted by molar-refractivity contribution is -0.145. The largest absolute Gasteiger partial charge is 0.480 e. The van der Waals surface area contributed by atoms with Crippen LogP contribution in [0.5, 0.6) is 0 Å². The summed E-state index contributed by atoms with van der Waals surface area (Å²) in [6.07, 6.45) is 4.39. The van der Waals surface area contributed by atoms with Gasteiger partial charge in [-0.3, -0.25) is 9.89 Å². The molecular formula is C11H17N5O3. The molecule has 1 aromatic heterocycles. The Morgan fingerprint density at radius 2 is 1.89 bits per heavy atom. The van der Waals surface area contributed by atoms with Crippen molar-refractivity contribution < 1.29 is 14.7 Å². The lowest BCUT2D eigenvalue weighted by atomic mass is 9.90. The van der Waals surface area contributed by atoms with E-state index >= 15 is 0 Å². The van der Waals surface area contributed by atoms with E-state index in [9.17, 15) is 14.7 Å². The number of nitrogens with two attached hydrogens (primary N) is 1. The number of hydrogen-bond acceptors (Lipinski definition) is 5. The Kier molecular flexibility index (Phi) is 3.68. The Balaban J connectivity index is 2.16. The van der Waals surface area contributed by atoms with Crippen molar-refractivity contribution in [3.63, 3.8) is 0 Å². The summed E-state index contributed by atoms with van der Waals surface area (Å²) in [7, 11) is 0. The van der Waals surface area contributed by atoms with Gasteiger partial charge in [-0.2, -0.15) is 4.98 Å². The van der Waals surface area contributed by atoms with E-state index in [1.165, 1.54) is 0 Å². The normalized spacial score (nSPS) is 18.5. The van der Waals surface area contributed by atoms with Crippen LogP contribution >= 0.6 is 0 Å². The molecule has 0 spiro atoms. The van der Waals surface area contributed by atoms with Crippen LogP contribution in [0.25, 0.3) is 0 Å². The molecule has 0 unspecified atom stereocenters. The SMILES string of the molecule is Nc1n[nH]c(C(=O)NC2(C(=O)O)CCCCCC2)n1. The number of carboxylic acids is 1. The number of hydrogen-bond donors (Lipinski definition) is 4. The zero-order chi connectivity index (χ0) is 13.9. The van der Waals surface area contributed by atoms with Gasteiger partial charge in [0.05, 0.1) is 0 Å². The van der Waals surface area contributed by atoms with Crippen molar-refractivity contribution in [1.29, 1.82) is 0 Å². The molecule has 0 aliphatic heterocycles. The fourth-order valence-corrected chi connectivity index (χ4v) is 2.38. The van der Waals surface area contributed by atoms with Gasteiger partial charge in [0.15, 0.2) is 0 Å². The van der Waals surface area contributed by atoms with E-state index in [1.54, 1.807) is 0 Å². The number of aromatic amines is 1. The summed E-state index contributed by atoms with van der Waals surface area (Å²) >= 11 is 0. The minimum absolute atomic E-state index is 0.0459. The van der Waals surface area contributed by atoms with E-state index in [-0.39, 0.29) is 11.8 Å². The third kappa shape index (κ3) is 2.83. The fraction of sp³-hybridized carbons (Fsp3) is 0.636. The summed E-state index contributed by atoms with van der Waals surface area (Å²) in [5.74, 6) is -1.71. The first-order valence-corrected chi connectivity index (χ1v) is 6.27. The number of rotatable bonds is 3. The van der Waals surface area contributed by atoms with Crippen LogP contribution in [-0.2, 0) is 4.79 Å². The third-order valence-corrected chi connectivity index (χ3v) is 3.44. The monoisotopic (exact) mass is 267 g/mol. The molecule has 1 heterocycles. The van der Waals surface area contributed by atoms with E-state index in [0.29, 0.717) is 12.8 Å². The quantitative estimate of drug-likeness (QED) is 0.582. The van der Waals surface area contributed by atoms with Crippen molar-refractivity contribution >= 4 is 17.8 Å². The van der Waals surface area contributed by atoms with Gasteiger partial charge in [-0.25, -0.2) is 4.79 Å². The summed E-state index contributed by atoms with van der Waals surface area (Å²) in [6.45, 7) is 0. The molecule has 2 rings (SSSR count). The second-order valence-electron chi connectivity index (χ2n) is 4.80. The predicted octanol–water partition coefficient (Wildman–Crippen LogP) is 0.294. The van der Waals surface area contributed by atoms with Gasteiger partial charge in [-0.1, -0.05) is 25.7 Å². The molecule has 19 heavy (non-hydrogen) atoms. The smallest absolute Gasteiger partial charge is 0.329 e. The summed E-state index contributed by atoms with van der Waals surface area (Å²) in [4.78, 5) is 27.2. The first kappa shape index (κ1) is 13.3. The summed E-state index contributed by atoms with van der Waals surface area (Å²) in [5, 5.41) is 17.9. The Morgan fingerprint density at radius 3 is 2.37 bits per heavy atom. The van der Waals surface area contributed by atoms with Crippen molar-refractivity contribution in [2.24, 2.45) is 0 Å². The van der Waals surface area contributed by atoms with Gasteiger partial charge >= 0.3 is 5.97 Å². The molecule has 1 saturated carbocycles. The second kappa shape index (κ2) is 5.25. The highest BCUT2D eigenvalue weighted by molar-refractivity contribution is 5.95. The Morgan fingerprint density at radius 1 is 1.26 bits per heavy atom. The molecule has 0 aromatic carbocycles. The predicted molar refractivity (Wildman–Crippen MR) is 66.3 cm³/mol.